The lowest BCUT2D eigenvalue weighted by Gasteiger charge is -2.21. The summed E-state index contributed by atoms with van der Waals surface area (Å²) in [6.07, 6.45) is -0.944. The van der Waals surface area contributed by atoms with Gasteiger partial charge < -0.3 is 20.9 Å². The van der Waals surface area contributed by atoms with Crippen LogP contribution in [0.5, 0.6) is 0 Å². The maximum absolute atomic E-state index is 11.4. The Kier molecular flexibility index (Phi) is 6.19. The number of rotatable bonds is 5. The Hall–Kier alpha value is -2.59. The van der Waals surface area contributed by atoms with Crippen LogP contribution in [0.2, 0.25) is 0 Å². The summed E-state index contributed by atoms with van der Waals surface area (Å²) in [6, 6.07) is -1.42. The maximum atomic E-state index is 11.4. The SMILES string of the molecule is CC(C)(C)OC(=O)NC(CN=C(N)N[N+](=O)[O-])C(=O)O. The molecule has 0 aromatic rings. The Morgan fingerprint density at radius 3 is 2.45 bits per heavy atom. The lowest BCUT2D eigenvalue weighted by molar-refractivity contribution is -0.525. The highest BCUT2D eigenvalue weighted by Crippen LogP contribution is 2.06. The Labute approximate surface area is 114 Å². The molecule has 0 heterocycles. The van der Waals surface area contributed by atoms with Crippen molar-refractivity contribution in [1.82, 2.24) is 10.7 Å². The van der Waals surface area contributed by atoms with Crippen LogP contribution in [-0.2, 0) is 9.53 Å². The van der Waals surface area contributed by atoms with E-state index in [0.717, 1.165) is 0 Å². The van der Waals surface area contributed by atoms with Crippen molar-refractivity contribution in [2.75, 3.05) is 6.54 Å². The number of ether oxygens (including phenoxy) is 1. The first-order valence-electron chi connectivity index (χ1n) is 5.44. The summed E-state index contributed by atoms with van der Waals surface area (Å²) in [5.41, 5.74) is 5.87. The minimum atomic E-state index is -1.42. The molecule has 1 atom stereocenters. The molecule has 0 spiro atoms. The number of hydrogen-bond acceptors (Lipinski definition) is 6. The lowest BCUT2D eigenvalue weighted by atomic mass is 10.2. The predicted molar refractivity (Wildman–Crippen MR) is 67.4 cm³/mol. The molecule has 0 saturated heterocycles. The van der Waals surface area contributed by atoms with Crippen LogP contribution in [0.3, 0.4) is 0 Å². The summed E-state index contributed by atoms with van der Waals surface area (Å²) in [6.45, 7) is 4.35. The smallest absolute Gasteiger partial charge is 0.408 e. The number of carbonyl (C=O) groups is 2. The van der Waals surface area contributed by atoms with Crippen LogP contribution in [0.4, 0.5) is 4.79 Å². The molecule has 0 aromatic carbocycles. The van der Waals surface area contributed by atoms with Crippen molar-refractivity contribution in [3.05, 3.63) is 10.1 Å². The third-order valence-corrected chi connectivity index (χ3v) is 1.64. The second-order valence-electron chi connectivity index (χ2n) is 4.63. The second-order valence-corrected chi connectivity index (χ2v) is 4.63. The molecule has 0 aliphatic rings. The zero-order valence-corrected chi connectivity index (χ0v) is 11.2. The molecular formula is C9H17N5O6. The number of aliphatic imine (C=N–C) groups is 1. The number of carbonyl (C=O) groups excluding carboxylic acids is 1. The number of nitrogens with two attached hydrogens (primary N) is 1. The monoisotopic (exact) mass is 291 g/mol. The first kappa shape index (κ1) is 17.4. The average Bonchev–Trinajstić information content (AvgIpc) is 2.19. The molecule has 11 nitrogen and oxygen atoms in total. The van der Waals surface area contributed by atoms with E-state index in [1.807, 2.05) is 0 Å². The average molecular weight is 291 g/mol. The molecule has 114 valence electrons. The van der Waals surface area contributed by atoms with Gasteiger partial charge in [0.25, 0.3) is 5.96 Å². The fourth-order valence-electron chi connectivity index (χ4n) is 0.954. The van der Waals surface area contributed by atoms with Crippen molar-refractivity contribution in [3.8, 4) is 0 Å². The van der Waals surface area contributed by atoms with Gasteiger partial charge in [-0.1, -0.05) is 5.43 Å². The number of hydrazine groups is 1. The fourth-order valence-corrected chi connectivity index (χ4v) is 0.954. The van der Waals surface area contributed by atoms with Gasteiger partial charge in [-0.05, 0) is 20.8 Å². The van der Waals surface area contributed by atoms with Gasteiger partial charge in [-0.3, -0.25) is 0 Å². The van der Waals surface area contributed by atoms with Crippen molar-refractivity contribution in [3.63, 3.8) is 0 Å². The van der Waals surface area contributed by atoms with Gasteiger partial charge in [0.1, 0.15) is 11.6 Å². The highest BCUT2D eigenvalue weighted by Gasteiger charge is 2.23. The van der Waals surface area contributed by atoms with Crippen LogP contribution in [0.15, 0.2) is 4.99 Å². The minimum Gasteiger partial charge on any atom is -0.480 e. The van der Waals surface area contributed by atoms with Gasteiger partial charge in [-0.25, -0.2) is 24.7 Å². The summed E-state index contributed by atoms with van der Waals surface area (Å²) in [4.78, 5) is 35.8. The number of nitro groups is 1. The van der Waals surface area contributed by atoms with Crippen LogP contribution in [0, 0.1) is 10.1 Å². The number of guanidine groups is 1. The summed E-state index contributed by atoms with van der Waals surface area (Å²) in [5, 5.41) is 20.0. The Morgan fingerprint density at radius 2 is 2.05 bits per heavy atom. The standard InChI is InChI=1S/C9H17N5O6/c1-9(2,3)20-8(17)12-5(6(15)16)4-11-7(10)13-14(18)19/h5H,4H2,1-3H3,(H,12,17)(H,15,16)(H3,10,11,13). The van der Waals surface area contributed by atoms with E-state index in [9.17, 15) is 19.7 Å². The molecule has 0 fully saturated rings. The van der Waals surface area contributed by atoms with Gasteiger partial charge in [0.15, 0.2) is 5.03 Å². The largest absolute Gasteiger partial charge is 0.480 e. The van der Waals surface area contributed by atoms with Crippen LogP contribution < -0.4 is 16.5 Å². The zero-order chi connectivity index (χ0) is 15.9. The number of nitrogens with one attached hydrogen (secondary N) is 2. The molecule has 0 aliphatic heterocycles. The van der Waals surface area contributed by atoms with E-state index < -0.39 is 41.2 Å². The Balaban J connectivity index is 4.56. The molecule has 0 aliphatic carbocycles. The number of amides is 1. The van der Waals surface area contributed by atoms with Gasteiger partial charge in [0.2, 0.25) is 0 Å². The van der Waals surface area contributed by atoms with Gasteiger partial charge in [-0.2, -0.15) is 0 Å². The number of hydrogen-bond donors (Lipinski definition) is 4. The highest BCUT2D eigenvalue weighted by atomic mass is 16.7. The normalized spacial score (nSPS) is 13.2. The van der Waals surface area contributed by atoms with E-state index in [4.69, 9.17) is 15.6 Å². The molecule has 1 amide bonds. The second kappa shape index (κ2) is 7.11. The van der Waals surface area contributed by atoms with Crippen LogP contribution in [0.1, 0.15) is 20.8 Å². The lowest BCUT2D eigenvalue weighted by Crippen LogP contribution is -2.46. The summed E-state index contributed by atoms with van der Waals surface area (Å²) < 4.78 is 4.87. The first-order chi connectivity index (χ1) is 9.01. The Morgan fingerprint density at radius 1 is 1.50 bits per heavy atom. The van der Waals surface area contributed by atoms with Crippen molar-refractivity contribution in [1.29, 1.82) is 0 Å². The number of carboxylic acid groups (broad SMARTS) is 1. The quantitative estimate of drug-likeness (QED) is 0.217. The van der Waals surface area contributed by atoms with Crippen molar-refractivity contribution in [2.24, 2.45) is 10.7 Å². The molecule has 0 rings (SSSR count). The fraction of sp³-hybridized carbons (Fsp3) is 0.667. The zero-order valence-electron chi connectivity index (χ0n) is 11.2. The van der Waals surface area contributed by atoms with Crippen LogP contribution >= 0.6 is 0 Å². The van der Waals surface area contributed by atoms with Gasteiger partial charge in [0.05, 0.1) is 6.54 Å². The third-order valence-electron chi connectivity index (χ3n) is 1.64. The van der Waals surface area contributed by atoms with E-state index in [1.165, 1.54) is 0 Å². The van der Waals surface area contributed by atoms with Gasteiger partial charge in [-0.15, -0.1) is 0 Å². The molecule has 0 saturated carbocycles. The van der Waals surface area contributed by atoms with Crippen molar-refractivity contribution >= 4 is 18.0 Å². The van der Waals surface area contributed by atoms with E-state index in [0.29, 0.717) is 0 Å². The first-order valence-corrected chi connectivity index (χ1v) is 5.44. The van der Waals surface area contributed by atoms with Crippen LogP contribution in [0.25, 0.3) is 0 Å². The molecule has 5 N–H and O–H groups in total. The van der Waals surface area contributed by atoms with E-state index in [2.05, 4.69) is 10.3 Å². The number of nitrogens with zero attached hydrogens (tertiary/aromatic N) is 2. The van der Waals surface area contributed by atoms with E-state index >= 15 is 0 Å². The summed E-state index contributed by atoms with van der Waals surface area (Å²) >= 11 is 0. The molecule has 20 heavy (non-hydrogen) atoms. The third kappa shape index (κ3) is 8.49. The maximum Gasteiger partial charge on any atom is 0.408 e. The number of carboxylic acids is 1. The van der Waals surface area contributed by atoms with Crippen molar-refractivity contribution < 1.29 is 24.5 Å². The molecule has 1 unspecified atom stereocenters. The summed E-state index contributed by atoms with van der Waals surface area (Å²) in [5.74, 6) is -1.96. The topological polar surface area (TPSA) is 169 Å². The number of aliphatic carboxylic acids is 1. The predicted octanol–water partition coefficient (Wildman–Crippen LogP) is -0.940. The van der Waals surface area contributed by atoms with Gasteiger partial charge >= 0.3 is 12.1 Å². The van der Waals surface area contributed by atoms with Crippen molar-refractivity contribution in [2.45, 2.75) is 32.4 Å². The highest BCUT2D eigenvalue weighted by molar-refractivity contribution is 5.81. The molecule has 11 heteroatoms. The molecular weight excluding hydrogens is 274 g/mol. The molecule has 0 radical (unpaired) electrons. The Bertz CT molecular complexity index is 416. The summed E-state index contributed by atoms with van der Waals surface area (Å²) in [7, 11) is 0. The van der Waals surface area contributed by atoms with Crippen LogP contribution in [-0.4, -0.2) is 46.3 Å². The number of alkyl carbamates (subject to hydrolysis) is 1. The van der Waals surface area contributed by atoms with Gasteiger partial charge in [0, 0.05) is 0 Å². The van der Waals surface area contributed by atoms with E-state index in [-0.39, 0.29) is 0 Å². The molecule has 0 bridgehead atoms. The minimum absolute atomic E-state index is 0.485. The van der Waals surface area contributed by atoms with E-state index in [1.54, 1.807) is 26.2 Å². The molecule has 0 aromatic heterocycles.